The first-order valence-corrected chi connectivity index (χ1v) is 6.22. The molecule has 1 aromatic heterocycles. The Balaban J connectivity index is 2.40. The molecule has 0 radical (unpaired) electrons. The highest BCUT2D eigenvalue weighted by Crippen LogP contribution is 2.32. The Morgan fingerprint density at radius 2 is 2.06 bits per heavy atom. The largest absolute Gasteiger partial charge is 0.358 e. The number of hydrogen-bond acceptors (Lipinski definition) is 2. The van der Waals surface area contributed by atoms with Gasteiger partial charge in [-0.25, -0.2) is 0 Å². The number of aryl methyl sites for hydroxylation is 1. The quantitative estimate of drug-likeness (QED) is 0.639. The number of para-hydroxylation sites is 1. The lowest BCUT2D eigenvalue weighted by Gasteiger charge is -2.25. The molecule has 2 rings (SSSR count). The molecule has 1 aromatic carbocycles. The van der Waals surface area contributed by atoms with Crippen molar-refractivity contribution in [2.45, 2.75) is 26.2 Å². The number of aromatic nitrogens is 1. The molecule has 2 N–H and O–H groups in total. The van der Waals surface area contributed by atoms with Crippen LogP contribution in [-0.2, 0) is 5.41 Å². The summed E-state index contributed by atoms with van der Waals surface area (Å²) in [5.74, 6) is 0. The molecule has 0 aliphatic carbocycles. The zero-order valence-electron chi connectivity index (χ0n) is 11.2. The van der Waals surface area contributed by atoms with E-state index in [-0.39, 0.29) is 5.41 Å². The van der Waals surface area contributed by atoms with Crippen molar-refractivity contribution in [1.29, 1.82) is 5.26 Å². The first-order valence-electron chi connectivity index (χ1n) is 6.22. The number of H-pyrrole nitrogens is 1. The molecule has 0 amide bonds. The predicted octanol–water partition coefficient (Wildman–Crippen LogP) is 2.87. The lowest BCUT2D eigenvalue weighted by atomic mass is 9.82. The Morgan fingerprint density at radius 1 is 1.33 bits per heavy atom. The lowest BCUT2D eigenvalue weighted by molar-refractivity contribution is 0.486. The van der Waals surface area contributed by atoms with Crippen LogP contribution in [0.3, 0.4) is 0 Å². The maximum atomic E-state index is 8.60. The number of aromatic amines is 1. The van der Waals surface area contributed by atoms with Crippen LogP contribution in [-0.4, -0.2) is 18.1 Å². The summed E-state index contributed by atoms with van der Waals surface area (Å²) < 4.78 is 0. The Kier molecular flexibility index (Phi) is 3.40. The minimum absolute atomic E-state index is 0.000532. The van der Waals surface area contributed by atoms with Crippen molar-refractivity contribution in [3.63, 3.8) is 0 Å². The summed E-state index contributed by atoms with van der Waals surface area (Å²) in [6, 6.07) is 10.5. The Bertz CT molecular complexity index is 587. The van der Waals surface area contributed by atoms with E-state index < -0.39 is 0 Å². The summed E-state index contributed by atoms with van der Waals surface area (Å²) in [6.07, 6.45) is 0. The number of hydrogen-bond donors (Lipinski definition) is 2. The van der Waals surface area contributed by atoms with Gasteiger partial charge in [0.05, 0.1) is 12.6 Å². The normalized spacial score (nSPS) is 11.7. The molecule has 0 aliphatic rings. The van der Waals surface area contributed by atoms with Crippen LogP contribution in [0.1, 0.15) is 25.1 Å². The number of nitrogens with one attached hydrogen (secondary N) is 2. The molecule has 0 bridgehead atoms. The highest BCUT2D eigenvalue weighted by molar-refractivity contribution is 5.85. The fourth-order valence-corrected chi connectivity index (χ4v) is 2.67. The molecule has 0 saturated heterocycles. The molecule has 1 heterocycles. The summed E-state index contributed by atoms with van der Waals surface area (Å²) >= 11 is 0. The number of fused-ring (bicyclic) bond motifs is 1. The van der Waals surface area contributed by atoms with E-state index in [1.165, 1.54) is 22.2 Å². The van der Waals surface area contributed by atoms with Gasteiger partial charge in [-0.2, -0.15) is 5.26 Å². The summed E-state index contributed by atoms with van der Waals surface area (Å²) in [7, 11) is 0. The van der Waals surface area contributed by atoms with Gasteiger partial charge in [0.25, 0.3) is 0 Å². The minimum atomic E-state index is 0.000532. The van der Waals surface area contributed by atoms with Crippen molar-refractivity contribution in [3.05, 3.63) is 35.5 Å². The fourth-order valence-electron chi connectivity index (χ4n) is 2.67. The van der Waals surface area contributed by atoms with Crippen molar-refractivity contribution in [1.82, 2.24) is 10.3 Å². The Labute approximate surface area is 108 Å². The second-order valence-corrected chi connectivity index (χ2v) is 5.32. The van der Waals surface area contributed by atoms with Gasteiger partial charge >= 0.3 is 0 Å². The van der Waals surface area contributed by atoms with Crippen LogP contribution in [0.2, 0.25) is 0 Å². The van der Waals surface area contributed by atoms with Crippen LogP contribution < -0.4 is 5.32 Å². The van der Waals surface area contributed by atoms with Gasteiger partial charge in [-0.3, -0.25) is 0 Å². The Morgan fingerprint density at radius 3 is 2.78 bits per heavy atom. The van der Waals surface area contributed by atoms with Gasteiger partial charge in [0, 0.05) is 28.6 Å². The summed E-state index contributed by atoms with van der Waals surface area (Å²) in [5.41, 5.74) is 3.72. The standard InChI is InChI=1S/C15H19N3/c1-11-14(15(2,3)10-17-9-8-16)12-6-4-5-7-13(12)18-11/h4-7,17-18H,9-10H2,1-3H3. The molecule has 0 saturated carbocycles. The van der Waals surface area contributed by atoms with Crippen LogP contribution in [0.4, 0.5) is 0 Å². The van der Waals surface area contributed by atoms with Crippen molar-refractivity contribution in [2.24, 2.45) is 0 Å². The molecule has 3 heteroatoms. The van der Waals surface area contributed by atoms with Crippen LogP contribution >= 0.6 is 0 Å². The molecule has 0 atom stereocenters. The second kappa shape index (κ2) is 4.83. The maximum Gasteiger partial charge on any atom is 0.0841 e. The zero-order chi connectivity index (χ0) is 13.2. The maximum absolute atomic E-state index is 8.60. The average molecular weight is 241 g/mol. The second-order valence-electron chi connectivity index (χ2n) is 5.32. The van der Waals surface area contributed by atoms with Crippen LogP contribution in [0.5, 0.6) is 0 Å². The van der Waals surface area contributed by atoms with Gasteiger partial charge in [0.1, 0.15) is 0 Å². The third-order valence-corrected chi connectivity index (χ3v) is 3.34. The number of nitrogens with zero attached hydrogens (tertiary/aromatic N) is 1. The third kappa shape index (κ3) is 2.25. The molecule has 18 heavy (non-hydrogen) atoms. The highest BCUT2D eigenvalue weighted by atomic mass is 14.9. The van der Waals surface area contributed by atoms with Gasteiger partial charge < -0.3 is 10.3 Å². The van der Waals surface area contributed by atoms with Crippen molar-refractivity contribution in [3.8, 4) is 6.07 Å². The third-order valence-electron chi connectivity index (χ3n) is 3.34. The fraction of sp³-hybridized carbons (Fsp3) is 0.400. The zero-order valence-corrected chi connectivity index (χ0v) is 11.2. The first kappa shape index (κ1) is 12.7. The topological polar surface area (TPSA) is 51.6 Å². The number of benzene rings is 1. The summed E-state index contributed by atoms with van der Waals surface area (Å²) in [4.78, 5) is 3.43. The molecule has 0 unspecified atom stereocenters. The van der Waals surface area contributed by atoms with E-state index >= 15 is 0 Å². The lowest BCUT2D eigenvalue weighted by Crippen LogP contribution is -2.33. The smallest absolute Gasteiger partial charge is 0.0841 e. The van der Waals surface area contributed by atoms with Crippen molar-refractivity contribution in [2.75, 3.05) is 13.1 Å². The average Bonchev–Trinajstić information content (AvgIpc) is 2.65. The van der Waals surface area contributed by atoms with E-state index in [9.17, 15) is 0 Å². The van der Waals surface area contributed by atoms with E-state index in [4.69, 9.17) is 5.26 Å². The van der Waals surface area contributed by atoms with Crippen LogP contribution in [0, 0.1) is 18.3 Å². The molecular weight excluding hydrogens is 222 g/mol. The van der Waals surface area contributed by atoms with Gasteiger partial charge in [0.2, 0.25) is 0 Å². The van der Waals surface area contributed by atoms with Gasteiger partial charge in [-0.15, -0.1) is 0 Å². The first-order chi connectivity index (χ1) is 8.56. The van der Waals surface area contributed by atoms with Crippen LogP contribution in [0.25, 0.3) is 10.9 Å². The number of nitriles is 1. The van der Waals surface area contributed by atoms with Gasteiger partial charge in [-0.1, -0.05) is 32.0 Å². The SMILES string of the molecule is Cc1[nH]c2ccccc2c1C(C)(C)CNCC#N. The van der Waals surface area contributed by atoms with Crippen molar-refractivity contribution >= 4 is 10.9 Å². The van der Waals surface area contributed by atoms with Gasteiger partial charge in [-0.05, 0) is 18.6 Å². The number of rotatable bonds is 4. The molecule has 2 aromatic rings. The minimum Gasteiger partial charge on any atom is -0.358 e. The van der Waals surface area contributed by atoms with Gasteiger partial charge in [0.15, 0.2) is 0 Å². The van der Waals surface area contributed by atoms with E-state index in [0.29, 0.717) is 6.54 Å². The van der Waals surface area contributed by atoms with Crippen molar-refractivity contribution < 1.29 is 0 Å². The monoisotopic (exact) mass is 241 g/mol. The van der Waals surface area contributed by atoms with E-state index in [1.54, 1.807) is 0 Å². The Hall–Kier alpha value is -1.79. The summed E-state index contributed by atoms with van der Waals surface area (Å²) in [5, 5.41) is 13.1. The molecule has 0 aliphatic heterocycles. The molecule has 0 spiro atoms. The summed E-state index contributed by atoms with van der Waals surface area (Å²) in [6.45, 7) is 7.72. The molecule has 0 fully saturated rings. The highest BCUT2D eigenvalue weighted by Gasteiger charge is 2.25. The van der Waals surface area contributed by atoms with E-state index in [2.05, 4.69) is 55.3 Å². The molecule has 94 valence electrons. The van der Waals surface area contributed by atoms with E-state index in [1.807, 2.05) is 6.07 Å². The van der Waals surface area contributed by atoms with Crippen LogP contribution in [0.15, 0.2) is 24.3 Å². The van der Waals surface area contributed by atoms with E-state index in [0.717, 1.165) is 6.54 Å². The predicted molar refractivity (Wildman–Crippen MR) is 74.5 cm³/mol. The molecular formula is C15H19N3. The molecule has 3 nitrogen and oxygen atoms in total.